The van der Waals surface area contributed by atoms with E-state index in [0.29, 0.717) is 12.1 Å². The monoisotopic (exact) mass is 318 g/mol. The van der Waals surface area contributed by atoms with Crippen LogP contribution in [0.25, 0.3) is 0 Å². The van der Waals surface area contributed by atoms with E-state index in [9.17, 15) is 26.0 Å². The third-order valence-corrected chi connectivity index (χ3v) is 4.90. The van der Waals surface area contributed by atoms with Gasteiger partial charge in [-0.05, 0) is 24.1 Å². The van der Waals surface area contributed by atoms with Gasteiger partial charge in [0.1, 0.15) is 10.7 Å². The van der Waals surface area contributed by atoms with Gasteiger partial charge < -0.3 is 0 Å². The Hall–Kier alpha value is -0.820. The molecule has 8 heteroatoms. The van der Waals surface area contributed by atoms with Crippen LogP contribution in [0.5, 0.6) is 0 Å². The Morgan fingerprint density at radius 3 is 2.32 bits per heavy atom. The zero-order valence-corrected chi connectivity index (χ0v) is 11.4. The van der Waals surface area contributed by atoms with Crippen molar-refractivity contribution >= 4 is 21.4 Å². The Morgan fingerprint density at radius 1 is 1.32 bits per heavy atom. The van der Waals surface area contributed by atoms with Gasteiger partial charge in [-0.2, -0.15) is 13.2 Å². The Balaban J connectivity index is 3.16. The van der Waals surface area contributed by atoms with E-state index in [1.54, 1.807) is 6.92 Å². The molecular weight excluding hydrogens is 308 g/mol. The van der Waals surface area contributed by atoms with Gasteiger partial charge in [0.25, 0.3) is 0 Å². The van der Waals surface area contributed by atoms with Crippen molar-refractivity contribution in [2.24, 2.45) is 5.92 Å². The Bertz CT molecular complexity index is 554. The molecule has 19 heavy (non-hydrogen) atoms. The van der Waals surface area contributed by atoms with E-state index in [-0.39, 0.29) is 11.9 Å². The standard InChI is InChI=1S/C11H11ClF4O2S/c1-7(5-12)6-19(17,18)10-3-2-8(4-9(10)13)11(14,15)16/h2-4,7H,5-6H2,1H3. The molecule has 0 saturated carbocycles. The highest BCUT2D eigenvalue weighted by molar-refractivity contribution is 7.91. The van der Waals surface area contributed by atoms with Gasteiger partial charge in [0.15, 0.2) is 9.84 Å². The van der Waals surface area contributed by atoms with Crippen LogP contribution in [0.15, 0.2) is 23.1 Å². The molecule has 1 unspecified atom stereocenters. The number of benzene rings is 1. The second kappa shape index (κ2) is 5.66. The fourth-order valence-corrected chi connectivity index (χ4v) is 3.35. The Kier molecular flexibility index (Phi) is 4.84. The minimum Gasteiger partial charge on any atom is -0.224 e. The number of rotatable bonds is 4. The topological polar surface area (TPSA) is 34.1 Å². The molecule has 0 fully saturated rings. The average molecular weight is 319 g/mol. The predicted molar refractivity (Wildman–Crippen MR) is 63.3 cm³/mol. The van der Waals surface area contributed by atoms with Gasteiger partial charge in [-0.3, -0.25) is 0 Å². The molecule has 0 aliphatic rings. The first-order valence-electron chi connectivity index (χ1n) is 5.23. The molecule has 0 saturated heterocycles. The lowest BCUT2D eigenvalue weighted by Crippen LogP contribution is -2.17. The van der Waals surface area contributed by atoms with E-state index in [2.05, 4.69) is 0 Å². The number of alkyl halides is 4. The molecule has 0 bridgehead atoms. The van der Waals surface area contributed by atoms with Gasteiger partial charge in [-0.15, -0.1) is 11.6 Å². The summed E-state index contributed by atoms with van der Waals surface area (Å²) < 4.78 is 74.1. The maximum atomic E-state index is 13.5. The van der Waals surface area contributed by atoms with Crippen molar-refractivity contribution in [3.63, 3.8) is 0 Å². The predicted octanol–water partition coefficient (Wildman–Crippen LogP) is 3.49. The molecule has 0 amide bonds. The van der Waals surface area contributed by atoms with Crippen LogP contribution >= 0.6 is 11.6 Å². The SMILES string of the molecule is CC(CCl)CS(=O)(=O)c1ccc(C(F)(F)F)cc1F. The third kappa shape index (κ3) is 4.07. The molecule has 1 rings (SSSR count). The van der Waals surface area contributed by atoms with Crippen molar-refractivity contribution in [1.29, 1.82) is 0 Å². The van der Waals surface area contributed by atoms with Gasteiger partial charge in [-0.25, -0.2) is 12.8 Å². The van der Waals surface area contributed by atoms with E-state index in [0.717, 1.165) is 0 Å². The van der Waals surface area contributed by atoms with Crippen molar-refractivity contribution in [1.82, 2.24) is 0 Å². The number of hydrogen-bond acceptors (Lipinski definition) is 2. The first-order valence-corrected chi connectivity index (χ1v) is 7.42. The average Bonchev–Trinajstić information content (AvgIpc) is 2.26. The van der Waals surface area contributed by atoms with Crippen LogP contribution in [0.2, 0.25) is 0 Å². The van der Waals surface area contributed by atoms with E-state index in [1.807, 2.05) is 0 Å². The molecule has 0 aliphatic carbocycles. The zero-order valence-electron chi connectivity index (χ0n) is 9.84. The molecule has 2 nitrogen and oxygen atoms in total. The van der Waals surface area contributed by atoms with Gasteiger partial charge >= 0.3 is 6.18 Å². The summed E-state index contributed by atoms with van der Waals surface area (Å²) in [4.78, 5) is -0.738. The second-order valence-corrected chi connectivity index (χ2v) is 6.50. The molecule has 0 radical (unpaired) electrons. The molecule has 0 spiro atoms. The van der Waals surface area contributed by atoms with Gasteiger partial charge in [0, 0.05) is 5.88 Å². The minimum atomic E-state index is -4.72. The summed E-state index contributed by atoms with van der Waals surface area (Å²) in [6.07, 6.45) is -4.72. The van der Waals surface area contributed by atoms with Crippen molar-refractivity contribution in [3.05, 3.63) is 29.6 Å². The van der Waals surface area contributed by atoms with Crippen LogP contribution < -0.4 is 0 Å². The number of hydrogen-bond donors (Lipinski definition) is 0. The van der Waals surface area contributed by atoms with Gasteiger partial charge in [0.2, 0.25) is 0 Å². The second-order valence-electron chi connectivity index (χ2n) is 4.18. The quantitative estimate of drug-likeness (QED) is 0.629. The minimum absolute atomic E-state index is 0.0570. The maximum Gasteiger partial charge on any atom is 0.416 e. The van der Waals surface area contributed by atoms with Crippen LogP contribution in [-0.4, -0.2) is 20.1 Å². The number of sulfone groups is 1. The van der Waals surface area contributed by atoms with Gasteiger partial charge in [0.05, 0.1) is 11.3 Å². The molecule has 1 aromatic carbocycles. The van der Waals surface area contributed by atoms with E-state index in [4.69, 9.17) is 11.6 Å². The largest absolute Gasteiger partial charge is 0.416 e. The van der Waals surface area contributed by atoms with Crippen LogP contribution in [0.1, 0.15) is 12.5 Å². The normalized spacial score (nSPS) is 14.4. The van der Waals surface area contributed by atoms with Crippen molar-refractivity contribution in [2.45, 2.75) is 18.0 Å². The maximum absolute atomic E-state index is 13.5. The summed E-state index contributed by atoms with van der Waals surface area (Å²) >= 11 is 5.46. The highest BCUT2D eigenvalue weighted by atomic mass is 35.5. The first kappa shape index (κ1) is 16.2. The van der Waals surface area contributed by atoms with Crippen LogP contribution in [-0.2, 0) is 16.0 Å². The first-order chi connectivity index (χ1) is 8.58. The van der Waals surface area contributed by atoms with Crippen LogP contribution in [0, 0.1) is 11.7 Å². The van der Waals surface area contributed by atoms with Crippen molar-refractivity contribution in [2.75, 3.05) is 11.6 Å². The van der Waals surface area contributed by atoms with Crippen LogP contribution in [0.3, 0.4) is 0 Å². The lowest BCUT2D eigenvalue weighted by atomic mass is 10.2. The summed E-state index contributed by atoms with van der Waals surface area (Å²) in [5.41, 5.74) is -1.23. The summed E-state index contributed by atoms with van der Waals surface area (Å²) in [5.74, 6) is -2.19. The Morgan fingerprint density at radius 2 is 1.89 bits per heavy atom. The fraction of sp³-hybridized carbons (Fsp3) is 0.455. The third-order valence-electron chi connectivity index (χ3n) is 2.36. The number of halogens is 5. The summed E-state index contributed by atoms with van der Waals surface area (Å²) in [5, 5.41) is 0. The van der Waals surface area contributed by atoms with E-state index >= 15 is 0 Å². The van der Waals surface area contributed by atoms with E-state index < -0.39 is 44.0 Å². The van der Waals surface area contributed by atoms with Crippen LogP contribution in [0.4, 0.5) is 17.6 Å². The molecule has 0 aliphatic heterocycles. The molecule has 108 valence electrons. The highest BCUT2D eigenvalue weighted by Crippen LogP contribution is 2.31. The summed E-state index contributed by atoms with van der Waals surface area (Å²) in [6.45, 7) is 1.55. The summed E-state index contributed by atoms with van der Waals surface area (Å²) in [6, 6.07) is 1.36. The van der Waals surface area contributed by atoms with E-state index in [1.165, 1.54) is 0 Å². The fourth-order valence-electron chi connectivity index (χ4n) is 1.44. The summed E-state index contributed by atoms with van der Waals surface area (Å²) in [7, 11) is -3.99. The smallest absolute Gasteiger partial charge is 0.224 e. The highest BCUT2D eigenvalue weighted by Gasteiger charge is 2.32. The van der Waals surface area contributed by atoms with Crippen molar-refractivity contribution in [3.8, 4) is 0 Å². The molecule has 0 heterocycles. The molecule has 1 atom stereocenters. The molecule has 0 aromatic heterocycles. The van der Waals surface area contributed by atoms with Gasteiger partial charge in [-0.1, -0.05) is 6.92 Å². The molecular formula is C11H11ClF4O2S. The lowest BCUT2D eigenvalue weighted by molar-refractivity contribution is -0.137. The lowest BCUT2D eigenvalue weighted by Gasteiger charge is -2.11. The Labute approximate surface area is 113 Å². The molecule has 0 N–H and O–H groups in total. The zero-order chi connectivity index (χ0) is 14.8. The van der Waals surface area contributed by atoms with Crippen molar-refractivity contribution < 1.29 is 26.0 Å². The molecule has 1 aromatic rings.